The van der Waals surface area contributed by atoms with Crippen LogP contribution in [0.3, 0.4) is 0 Å². The van der Waals surface area contributed by atoms with Gasteiger partial charge in [0.1, 0.15) is 0 Å². The summed E-state index contributed by atoms with van der Waals surface area (Å²) in [6.07, 6.45) is 10.4. The molecule has 2 fully saturated rings. The van der Waals surface area contributed by atoms with E-state index in [1.807, 2.05) is 0 Å². The van der Waals surface area contributed by atoms with E-state index in [1.165, 1.54) is 45.3 Å². The highest BCUT2D eigenvalue weighted by molar-refractivity contribution is 4.99. The lowest BCUT2D eigenvalue weighted by atomic mass is 9.96. The molecule has 0 aromatic heterocycles. The molecule has 0 radical (unpaired) electrons. The van der Waals surface area contributed by atoms with Crippen molar-refractivity contribution >= 4 is 0 Å². The van der Waals surface area contributed by atoms with Crippen LogP contribution in [0, 0.1) is 23.7 Å². The van der Waals surface area contributed by atoms with Crippen LogP contribution in [0.4, 0.5) is 0 Å². The molecule has 1 saturated carbocycles. The Hall–Kier alpha value is -0.520. The van der Waals surface area contributed by atoms with Crippen LogP contribution in [-0.2, 0) is 0 Å². The first-order valence-electron chi connectivity index (χ1n) is 5.66. The van der Waals surface area contributed by atoms with Crippen molar-refractivity contribution in [2.75, 3.05) is 26.2 Å². The molecule has 0 bridgehead atoms. The van der Waals surface area contributed by atoms with Crippen molar-refractivity contribution in [2.24, 2.45) is 17.1 Å². The van der Waals surface area contributed by atoms with Gasteiger partial charge in [0.15, 0.2) is 0 Å². The molecule has 2 aliphatic rings. The van der Waals surface area contributed by atoms with E-state index in [0.29, 0.717) is 11.3 Å². The van der Waals surface area contributed by atoms with Gasteiger partial charge in [-0.05, 0) is 50.7 Å². The van der Waals surface area contributed by atoms with Crippen LogP contribution in [0.1, 0.15) is 25.7 Å². The molecule has 2 N–H and O–H groups in total. The summed E-state index contributed by atoms with van der Waals surface area (Å²) in [5.41, 5.74) is 6.27. The maximum Gasteiger partial charge on any atom is 0.0224 e. The maximum absolute atomic E-state index is 5.78. The number of piperidine rings is 1. The van der Waals surface area contributed by atoms with Crippen LogP contribution in [0.5, 0.6) is 0 Å². The van der Waals surface area contributed by atoms with Crippen molar-refractivity contribution in [3.05, 3.63) is 0 Å². The third-order valence-corrected chi connectivity index (χ3v) is 3.77. The van der Waals surface area contributed by atoms with Crippen LogP contribution in [0.15, 0.2) is 0 Å². The van der Waals surface area contributed by atoms with E-state index in [-0.39, 0.29) is 0 Å². The van der Waals surface area contributed by atoms with E-state index >= 15 is 0 Å². The minimum absolute atomic E-state index is 0.489. The predicted octanol–water partition coefficient (Wildman–Crippen LogP) is 1.07. The quantitative estimate of drug-likeness (QED) is 0.678. The number of rotatable bonds is 3. The van der Waals surface area contributed by atoms with E-state index in [4.69, 9.17) is 12.2 Å². The maximum atomic E-state index is 5.78. The van der Waals surface area contributed by atoms with Gasteiger partial charge < -0.3 is 10.6 Å². The van der Waals surface area contributed by atoms with Crippen LogP contribution in [-0.4, -0.2) is 31.1 Å². The van der Waals surface area contributed by atoms with Gasteiger partial charge in [0.25, 0.3) is 0 Å². The van der Waals surface area contributed by atoms with Crippen LogP contribution in [0.2, 0.25) is 0 Å². The first-order chi connectivity index (χ1) is 6.78. The third kappa shape index (κ3) is 2.10. The molecule has 2 heteroatoms. The van der Waals surface area contributed by atoms with Crippen LogP contribution < -0.4 is 5.73 Å². The summed E-state index contributed by atoms with van der Waals surface area (Å²) >= 11 is 0. The van der Waals surface area contributed by atoms with Gasteiger partial charge in [-0.15, -0.1) is 12.3 Å². The zero-order valence-electron chi connectivity index (χ0n) is 8.84. The second kappa shape index (κ2) is 3.92. The molecule has 0 amide bonds. The Labute approximate surface area is 86.8 Å². The number of nitrogens with two attached hydrogens (primary N) is 1. The minimum Gasteiger partial charge on any atom is -0.330 e. The molecule has 1 heterocycles. The Morgan fingerprint density at radius 2 is 2.00 bits per heavy atom. The summed E-state index contributed by atoms with van der Waals surface area (Å²) in [7, 11) is 0. The fraction of sp³-hybridized carbons (Fsp3) is 0.833. The zero-order chi connectivity index (χ0) is 10.0. The van der Waals surface area contributed by atoms with Crippen molar-refractivity contribution in [1.82, 2.24) is 4.90 Å². The van der Waals surface area contributed by atoms with Crippen molar-refractivity contribution < 1.29 is 0 Å². The number of likely N-dealkylation sites (tertiary alicyclic amines) is 1. The third-order valence-electron chi connectivity index (χ3n) is 3.77. The molecule has 0 spiro atoms. The monoisotopic (exact) mass is 192 g/mol. The average molecular weight is 192 g/mol. The van der Waals surface area contributed by atoms with Gasteiger partial charge in [0.2, 0.25) is 0 Å². The second-order valence-corrected chi connectivity index (χ2v) is 4.92. The SMILES string of the molecule is C#CC1CCN(CC2(CN)CC2)CC1. The summed E-state index contributed by atoms with van der Waals surface area (Å²) in [6.45, 7) is 4.43. The Morgan fingerprint density at radius 1 is 1.36 bits per heavy atom. The van der Waals surface area contributed by atoms with E-state index in [9.17, 15) is 0 Å². The lowest BCUT2D eigenvalue weighted by Gasteiger charge is -2.32. The highest BCUT2D eigenvalue weighted by atomic mass is 15.1. The molecule has 0 aromatic carbocycles. The smallest absolute Gasteiger partial charge is 0.0224 e. The normalized spacial score (nSPS) is 27.1. The fourth-order valence-corrected chi connectivity index (χ4v) is 2.34. The van der Waals surface area contributed by atoms with E-state index in [2.05, 4.69) is 10.8 Å². The van der Waals surface area contributed by atoms with Gasteiger partial charge in [-0.1, -0.05) is 0 Å². The van der Waals surface area contributed by atoms with Gasteiger partial charge in [-0.3, -0.25) is 0 Å². The van der Waals surface area contributed by atoms with Crippen molar-refractivity contribution in [2.45, 2.75) is 25.7 Å². The van der Waals surface area contributed by atoms with Gasteiger partial charge in [0, 0.05) is 12.5 Å². The number of terminal acetylenes is 1. The standard InChI is InChI=1S/C12H20N2/c1-2-11-3-7-14(8-4-11)10-12(9-13)5-6-12/h1,11H,3-10,13H2. The molecule has 2 rings (SSSR count). The van der Waals surface area contributed by atoms with Gasteiger partial charge in [-0.2, -0.15) is 0 Å². The Bertz CT molecular complexity index is 229. The predicted molar refractivity (Wildman–Crippen MR) is 58.7 cm³/mol. The van der Waals surface area contributed by atoms with Crippen LogP contribution >= 0.6 is 0 Å². The first-order valence-corrected chi connectivity index (χ1v) is 5.66. The number of nitrogens with zero attached hydrogens (tertiary/aromatic N) is 1. The summed E-state index contributed by atoms with van der Waals surface area (Å²) in [5, 5.41) is 0. The summed E-state index contributed by atoms with van der Waals surface area (Å²) in [6, 6.07) is 0. The molecule has 14 heavy (non-hydrogen) atoms. The van der Waals surface area contributed by atoms with E-state index in [0.717, 1.165) is 6.54 Å². The Kier molecular flexibility index (Phi) is 2.80. The molecular formula is C12H20N2. The highest BCUT2D eigenvalue weighted by Crippen LogP contribution is 2.45. The average Bonchev–Trinajstić information content (AvgIpc) is 3.00. The topological polar surface area (TPSA) is 29.3 Å². The Morgan fingerprint density at radius 3 is 2.43 bits per heavy atom. The zero-order valence-corrected chi connectivity index (χ0v) is 8.84. The van der Waals surface area contributed by atoms with E-state index in [1.54, 1.807) is 0 Å². The van der Waals surface area contributed by atoms with E-state index < -0.39 is 0 Å². The second-order valence-electron chi connectivity index (χ2n) is 4.92. The minimum atomic E-state index is 0.489. The van der Waals surface area contributed by atoms with Gasteiger partial charge >= 0.3 is 0 Å². The molecule has 1 aliphatic heterocycles. The molecule has 78 valence electrons. The lowest BCUT2D eigenvalue weighted by Crippen LogP contribution is -2.39. The van der Waals surface area contributed by atoms with Gasteiger partial charge in [0.05, 0.1) is 0 Å². The summed E-state index contributed by atoms with van der Waals surface area (Å²) < 4.78 is 0. The summed E-state index contributed by atoms with van der Waals surface area (Å²) in [4.78, 5) is 2.55. The molecule has 1 saturated heterocycles. The molecule has 0 atom stereocenters. The molecule has 2 nitrogen and oxygen atoms in total. The fourth-order valence-electron chi connectivity index (χ4n) is 2.34. The van der Waals surface area contributed by atoms with Crippen molar-refractivity contribution in [3.8, 4) is 12.3 Å². The van der Waals surface area contributed by atoms with Crippen molar-refractivity contribution in [3.63, 3.8) is 0 Å². The first kappa shape index (κ1) is 10.0. The molecule has 0 aromatic rings. The molecular weight excluding hydrogens is 172 g/mol. The van der Waals surface area contributed by atoms with Gasteiger partial charge in [-0.25, -0.2) is 0 Å². The number of hydrogen-bond acceptors (Lipinski definition) is 2. The lowest BCUT2D eigenvalue weighted by molar-refractivity contribution is 0.172. The molecule has 1 aliphatic carbocycles. The Balaban J connectivity index is 1.76. The highest BCUT2D eigenvalue weighted by Gasteiger charge is 2.42. The number of hydrogen-bond donors (Lipinski definition) is 1. The molecule has 0 unspecified atom stereocenters. The largest absolute Gasteiger partial charge is 0.330 e. The summed E-state index contributed by atoms with van der Waals surface area (Å²) in [5.74, 6) is 3.39. The van der Waals surface area contributed by atoms with Crippen LogP contribution in [0.25, 0.3) is 0 Å². The van der Waals surface area contributed by atoms with Crippen molar-refractivity contribution in [1.29, 1.82) is 0 Å².